The van der Waals surface area contributed by atoms with Crippen LogP contribution >= 0.6 is 0 Å². The fraction of sp³-hybridized carbons (Fsp3) is 0.250. The van der Waals surface area contributed by atoms with Crippen molar-refractivity contribution in [3.63, 3.8) is 0 Å². The molecular formula is C24H22FN5O. The minimum absolute atomic E-state index is 0.224. The fourth-order valence-corrected chi connectivity index (χ4v) is 4.57. The molecule has 0 atom stereocenters. The van der Waals surface area contributed by atoms with E-state index in [4.69, 9.17) is 9.72 Å². The largest absolute Gasteiger partial charge is 0.493 e. The lowest BCUT2D eigenvalue weighted by Gasteiger charge is -2.13. The van der Waals surface area contributed by atoms with Crippen molar-refractivity contribution in [2.24, 2.45) is 0 Å². The van der Waals surface area contributed by atoms with Crippen LogP contribution in [0.15, 0.2) is 42.7 Å². The number of aryl methyl sites for hydroxylation is 1. The summed E-state index contributed by atoms with van der Waals surface area (Å²) in [6.45, 7) is 4.70. The van der Waals surface area contributed by atoms with E-state index >= 15 is 0 Å². The standard InChI is InChI=1S/C24H22FN5O/c1-14-13-30-23(29-14)19(15-2-3-16-9-26-10-17(16)8-15)11-27-24(30)28-12-20-18-6-7-31-22(18)5-4-21(20)25/h2-5,8,11,13,26H,6-7,9-10,12H2,1H3,(H,27,28). The highest BCUT2D eigenvalue weighted by molar-refractivity contribution is 5.79. The van der Waals surface area contributed by atoms with Gasteiger partial charge in [-0.1, -0.05) is 12.1 Å². The number of hydrogen-bond donors (Lipinski definition) is 2. The van der Waals surface area contributed by atoms with Crippen LogP contribution in [0.1, 0.15) is 27.9 Å². The van der Waals surface area contributed by atoms with Crippen LogP contribution in [-0.4, -0.2) is 21.0 Å². The molecule has 2 aromatic heterocycles. The van der Waals surface area contributed by atoms with Gasteiger partial charge in [0.15, 0.2) is 0 Å². The van der Waals surface area contributed by atoms with Crippen LogP contribution in [0, 0.1) is 12.7 Å². The third kappa shape index (κ3) is 3.04. The van der Waals surface area contributed by atoms with Gasteiger partial charge in [0.2, 0.25) is 5.95 Å². The normalized spacial score (nSPS) is 14.5. The third-order valence-corrected chi connectivity index (χ3v) is 6.12. The second-order valence-corrected chi connectivity index (χ2v) is 8.11. The van der Waals surface area contributed by atoms with Gasteiger partial charge < -0.3 is 15.4 Å². The lowest BCUT2D eigenvalue weighted by molar-refractivity contribution is 0.356. The van der Waals surface area contributed by atoms with E-state index < -0.39 is 0 Å². The molecule has 6 rings (SSSR count). The molecule has 2 aromatic carbocycles. The Morgan fingerprint density at radius 1 is 1.19 bits per heavy atom. The number of benzene rings is 2. The number of hydrogen-bond acceptors (Lipinski definition) is 5. The first-order chi connectivity index (χ1) is 15.2. The van der Waals surface area contributed by atoms with Gasteiger partial charge in [-0.15, -0.1) is 0 Å². The van der Waals surface area contributed by atoms with Crippen molar-refractivity contribution >= 4 is 11.6 Å². The van der Waals surface area contributed by atoms with Gasteiger partial charge >= 0.3 is 0 Å². The topological polar surface area (TPSA) is 63.5 Å². The fourth-order valence-electron chi connectivity index (χ4n) is 4.57. The van der Waals surface area contributed by atoms with Gasteiger partial charge in [-0.3, -0.25) is 4.40 Å². The van der Waals surface area contributed by atoms with E-state index in [1.807, 2.05) is 23.7 Å². The Morgan fingerprint density at radius 3 is 3.03 bits per heavy atom. The highest BCUT2D eigenvalue weighted by Crippen LogP contribution is 2.32. The molecule has 4 aromatic rings. The van der Waals surface area contributed by atoms with Crippen molar-refractivity contribution in [3.8, 4) is 16.9 Å². The summed E-state index contributed by atoms with van der Waals surface area (Å²) >= 11 is 0. The molecule has 2 aliphatic heterocycles. The van der Waals surface area contributed by atoms with Crippen molar-refractivity contribution in [2.45, 2.75) is 33.0 Å². The van der Waals surface area contributed by atoms with Gasteiger partial charge in [0, 0.05) is 55.1 Å². The number of imidazole rings is 1. The molecule has 0 radical (unpaired) electrons. The maximum Gasteiger partial charge on any atom is 0.208 e. The summed E-state index contributed by atoms with van der Waals surface area (Å²) in [5, 5.41) is 6.70. The van der Waals surface area contributed by atoms with Crippen LogP contribution in [0.2, 0.25) is 0 Å². The average molecular weight is 415 g/mol. The Morgan fingerprint density at radius 2 is 2.10 bits per heavy atom. The Balaban J connectivity index is 1.37. The first kappa shape index (κ1) is 18.3. The third-order valence-electron chi connectivity index (χ3n) is 6.12. The molecule has 4 heterocycles. The molecule has 6 nitrogen and oxygen atoms in total. The second kappa shape index (κ2) is 7.06. The zero-order valence-corrected chi connectivity index (χ0v) is 17.2. The van der Waals surface area contributed by atoms with E-state index in [1.54, 1.807) is 6.07 Å². The quantitative estimate of drug-likeness (QED) is 0.528. The molecule has 31 heavy (non-hydrogen) atoms. The van der Waals surface area contributed by atoms with Gasteiger partial charge in [0.05, 0.1) is 12.3 Å². The first-order valence-electron chi connectivity index (χ1n) is 10.5. The van der Waals surface area contributed by atoms with Gasteiger partial charge in [-0.2, -0.15) is 0 Å². The smallest absolute Gasteiger partial charge is 0.208 e. The van der Waals surface area contributed by atoms with Crippen molar-refractivity contribution < 1.29 is 9.13 Å². The predicted molar refractivity (Wildman–Crippen MR) is 117 cm³/mol. The molecule has 7 heteroatoms. The lowest BCUT2D eigenvalue weighted by Crippen LogP contribution is -2.09. The van der Waals surface area contributed by atoms with Crippen molar-refractivity contribution in [1.29, 1.82) is 0 Å². The molecule has 0 amide bonds. The van der Waals surface area contributed by atoms with E-state index in [1.165, 1.54) is 17.2 Å². The van der Waals surface area contributed by atoms with Crippen LogP contribution in [0.3, 0.4) is 0 Å². The summed E-state index contributed by atoms with van der Waals surface area (Å²) in [6.07, 6.45) is 4.53. The summed E-state index contributed by atoms with van der Waals surface area (Å²) in [4.78, 5) is 9.42. The van der Waals surface area contributed by atoms with Gasteiger partial charge in [0.1, 0.15) is 17.2 Å². The van der Waals surface area contributed by atoms with Crippen LogP contribution in [0.25, 0.3) is 16.8 Å². The Labute approximate surface area is 179 Å². The number of nitrogens with one attached hydrogen (secondary N) is 2. The Hall–Kier alpha value is -3.45. The van der Waals surface area contributed by atoms with Gasteiger partial charge in [-0.05, 0) is 41.8 Å². The SMILES string of the molecule is Cc1cn2c(NCc3c(F)ccc4c3CCO4)ncc(-c3ccc4c(c3)CNC4)c2n1. The highest BCUT2D eigenvalue weighted by Gasteiger charge is 2.20. The van der Waals surface area contributed by atoms with E-state index in [2.05, 4.69) is 33.8 Å². The van der Waals surface area contributed by atoms with Gasteiger partial charge in [0.25, 0.3) is 0 Å². The molecule has 0 aliphatic carbocycles. The van der Waals surface area contributed by atoms with E-state index in [0.29, 0.717) is 24.7 Å². The van der Waals surface area contributed by atoms with Crippen LogP contribution in [0.5, 0.6) is 5.75 Å². The van der Waals surface area contributed by atoms with Crippen LogP contribution in [-0.2, 0) is 26.1 Å². The molecule has 0 saturated carbocycles. The predicted octanol–water partition coefficient (Wildman–Crippen LogP) is 3.99. The molecule has 0 bridgehead atoms. The zero-order valence-electron chi connectivity index (χ0n) is 17.2. The minimum atomic E-state index is -0.224. The van der Waals surface area contributed by atoms with Crippen LogP contribution in [0.4, 0.5) is 10.3 Å². The van der Waals surface area contributed by atoms with E-state index in [0.717, 1.165) is 53.3 Å². The average Bonchev–Trinajstić information content (AvgIpc) is 3.51. The van der Waals surface area contributed by atoms with Crippen LogP contribution < -0.4 is 15.4 Å². The Kier molecular flexibility index (Phi) is 4.17. The number of ether oxygens (including phenoxy) is 1. The number of nitrogens with zero attached hydrogens (tertiary/aromatic N) is 3. The summed E-state index contributed by atoms with van der Waals surface area (Å²) in [6, 6.07) is 9.69. The number of anilines is 1. The van der Waals surface area contributed by atoms with E-state index in [-0.39, 0.29) is 5.82 Å². The van der Waals surface area contributed by atoms with Crippen molar-refractivity contribution in [2.75, 3.05) is 11.9 Å². The number of aromatic nitrogens is 3. The summed E-state index contributed by atoms with van der Waals surface area (Å²) < 4.78 is 22.1. The van der Waals surface area contributed by atoms with Crippen molar-refractivity contribution in [1.82, 2.24) is 19.7 Å². The molecule has 0 unspecified atom stereocenters. The number of fused-ring (bicyclic) bond motifs is 3. The molecule has 2 N–H and O–H groups in total. The monoisotopic (exact) mass is 415 g/mol. The number of halogens is 1. The number of rotatable bonds is 4. The second-order valence-electron chi connectivity index (χ2n) is 8.11. The molecular weight excluding hydrogens is 393 g/mol. The summed E-state index contributed by atoms with van der Waals surface area (Å²) in [7, 11) is 0. The lowest BCUT2D eigenvalue weighted by atomic mass is 10.0. The maximum absolute atomic E-state index is 14.5. The molecule has 156 valence electrons. The van der Waals surface area contributed by atoms with E-state index in [9.17, 15) is 4.39 Å². The Bertz CT molecular complexity index is 1330. The molecule has 0 saturated heterocycles. The summed E-state index contributed by atoms with van der Waals surface area (Å²) in [5.74, 6) is 1.19. The summed E-state index contributed by atoms with van der Waals surface area (Å²) in [5.41, 5.74) is 8.05. The van der Waals surface area contributed by atoms with Crippen molar-refractivity contribution in [3.05, 3.63) is 76.5 Å². The maximum atomic E-state index is 14.5. The zero-order chi connectivity index (χ0) is 20.9. The van der Waals surface area contributed by atoms with Gasteiger partial charge in [-0.25, -0.2) is 14.4 Å². The molecule has 0 spiro atoms. The first-order valence-corrected chi connectivity index (χ1v) is 10.5. The highest BCUT2D eigenvalue weighted by atomic mass is 19.1. The molecule has 2 aliphatic rings. The molecule has 0 fully saturated rings. The minimum Gasteiger partial charge on any atom is -0.493 e.